The van der Waals surface area contributed by atoms with Crippen molar-refractivity contribution in [1.29, 1.82) is 0 Å². The van der Waals surface area contributed by atoms with Gasteiger partial charge in [-0.15, -0.1) is 0 Å². The quantitative estimate of drug-likeness (QED) is 0.871. The van der Waals surface area contributed by atoms with Crippen LogP contribution < -0.4 is 5.32 Å². The molecule has 1 atom stereocenters. The highest BCUT2D eigenvalue weighted by Gasteiger charge is 2.10. The van der Waals surface area contributed by atoms with Gasteiger partial charge in [0.2, 0.25) is 0 Å². The minimum absolute atomic E-state index is 0.343. The number of benzene rings is 1. The summed E-state index contributed by atoms with van der Waals surface area (Å²) in [6.07, 6.45) is 2.86. The van der Waals surface area contributed by atoms with Crippen LogP contribution in [0.2, 0.25) is 0 Å². The third-order valence-electron chi connectivity index (χ3n) is 2.57. The van der Waals surface area contributed by atoms with Crippen molar-refractivity contribution in [2.75, 3.05) is 18.1 Å². The Kier molecular flexibility index (Phi) is 5.19. The Hall–Kier alpha value is -0.830. The van der Waals surface area contributed by atoms with E-state index in [-0.39, 0.29) is 0 Å². The number of para-hydroxylation sites is 1. The van der Waals surface area contributed by atoms with E-state index >= 15 is 0 Å². The lowest BCUT2D eigenvalue weighted by Crippen LogP contribution is -2.13. The second-order valence-electron chi connectivity index (χ2n) is 5.61. The summed E-state index contributed by atoms with van der Waals surface area (Å²) in [6.45, 7) is 7.67. The molecule has 0 aromatic heterocycles. The molecule has 0 heterocycles. The molecule has 17 heavy (non-hydrogen) atoms. The molecule has 0 radical (unpaired) electrons. The van der Waals surface area contributed by atoms with Gasteiger partial charge in [-0.25, -0.2) is 0 Å². The van der Waals surface area contributed by atoms with Crippen LogP contribution >= 0.6 is 0 Å². The molecule has 0 saturated heterocycles. The summed E-state index contributed by atoms with van der Waals surface area (Å²) in [5, 5.41) is 3.44. The Labute approximate surface area is 107 Å². The van der Waals surface area contributed by atoms with Crippen LogP contribution in [0.3, 0.4) is 0 Å². The minimum atomic E-state index is -0.789. The lowest BCUT2D eigenvalue weighted by molar-refractivity contribution is 0.390. The van der Waals surface area contributed by atoms with Gasteiger partial charge >= 0.3 is 0 Å². The van der Waals surface area contributed by atoms with Crippen molar-refractivity contribution in [2.24, 2.45) is 5.41 Å². The first-order chi connectivity index (χ1) is 7.88. The molecular formula is C14H23NOS. The van der Waals surface area contributed by atoms with Gasteiger partial charge in [-0.2, -0.15) is 0 Å². The van der Waals surface area contributed by atoms with Crippen molar-refractivity contribution in [3.8, 4) is 0 Å². The summed E-state index contributed by atoms with van der Waals surface area (Å²) in [5.74, 6) is 0.624. The molecule has 0 spiro atoms. The highest BCUT2D eigenvalue weighted by Crippen LogP contribution is 2.20. The molecule has 0 aliphatic rings. The van der Waals surface area contributed by atoms with Crippen molar-refractivity contribution in [3.05, 3.63) is 29.8 Å². The zero-order valence-corrected chi connectivity index (χ0v) is 12.1. The van der Waals surface area contributed by atoms with Crippen LogP contribution in [0.15, 0.2) is 24.3 Å². The highest BCUT2D eigenvalue weighted by molar-refractivity contribution is 7.83. The van der Waals surface area contributed by atoms with E-state index in [1.54, 1.807) is 6.26 Å². The van der Waals surface area contributed by atoms with Crippen LogP contribution in [0.5, 0.6) is 0 Å². The van der Waals surface area contributed by atoms with Gasteiger partial charge in [-0.05, 0) is 23.5 Å². The maximum Gasteiger partial charge on any atom is 0.0503 e. The zero-order chi connectivity index (χ0) is 12.9. The monoisotopic (exact) mass is 253 g/mol. The van der Waals surface area contributed by atoms with Crippen LogP contribution in [-0.2, 0) is 16.6 Å². The topological polar surface area (TPSA) is 29.1 Å². The van der Waals surface area contributed by atoms with Crippen molar-refractivity contribution in [3.63, 3.8) is 0 Å². The summed E-state index contributed by atoms with van der Waals surface area (Å²) in [5.41, 5.74) is 2.60. The molecular weight excluding hydrogens is 230 g/mol. The van der Waals surface area contributed by atoms with Crippen LogP contribution in [0.25, 0.3) is 0 Å². The Morgan fingerprint density at radius 3 is 2.47 bits per heavy atom. The summed E-state index contributed by atoms with van der Waals surface area (Å²) < 4.78 is 11.3. The first-order valence-corrected chi connectivity index (χ1v) is 7.73. The second kappa shape index (κ2) is 6.20. The molecule has 0 unspecified atom stereocenters. The van der Waals surface area contributed by atoms with Gasteiger partial charge in [0.25, 0.3) is 0 Å². The van der Waals surface area contributed by atoms with Crippen molar-refractivity contribution >= 4 is 16.5 Å². The van der Waals surface area contributed by atoms with Crippen LogP contribution in [-0.4, -0.2) is 17.0 Å². The van der Waals surface area contributed by atoms with E-state index in [9.17, 15) is 4.21 Å². The Morgan fingerprint density at radius 1 is 1.24 bits per heavy atom. The van der Waals surface area contributed by atoms with E-state index in [0.29, 0.717) is 11.2 Å². The van der Waals surface area contributed by atoms with Crippen LogP contribution in [0.4, 0.5) is 5.69 Å². The Balaban J connectivity index is 2.61. The maximum absolute atomic E-state index is 11.3. The standard InChI is InChI=1S/C14H23NOS/c1-14(2,3)9-10-15-13-8-6-5-7-12(13)11-17(4)16/h5-8,15H,9-11H2,1-4H3/t17-/m1/s1. The van der Waals surface area contributed by atoms with Gasteiger partial charge in [0, 0.05) is 29.3 Å². The predicted molar refractivity (Wildman–Crippen MR) is 76.8 cm³/mol. The molecule has 0 fully saturated rings. The summed E-state index contributed by atoms with van der Waals surface area (Å²) in [4.78, 5) is 0. The molecule has 1 rings (SSSR count). The molecule has 1 aromatic rings. The first kappa shape index (κ1) is 14.2. The van der Waals surface area contributed by atoms with E-state index in [0.717, 1.165) is 24.2 Å². The van der Waals surface area contributed by atoms with Crippen molar-refractivity contribution in [2.45, 2.75) is 32.9 Å². The number of hydrogen-bond acceptors (Lipinski definition) is 2. The van der Waals surface area contributed by atoms with Crippen LogP contribution in [0, 0.1) is 5.41 Å². The third-order valence-corrected chi connectivity index (χ3v) is 3.28. The van der Waals surface area contributed by atoms with Crippen LogP contribution in [0.1, 0.15) is 32.8 Å². The molecule has 3 heteroatoms. The summed E-state index contributed by atoms with van der Waals surface area (Å²) in [6, 6.07) is 8.12. The lowest BCUT2D eigenvalue weighted by atomic mass is 9.92. The van der Waals surface area contributed by atoms with E-state index in [1.165, 1.54) is 0 Å². The fourth-order valence-electron chi connectivity index (χ4n) is 1.61. The zero-order valence-electron chi connectivity index (χ0n) is 11.2. The second-order valence-corrected chi connectivity index (χ2v) is 7.05. The average molecular weight is 253 g/mol. The number of hydrogen-bond donors (Lipinski definition) is 1. The van der Waals surface area contributed by atoms with Gasteiger partial charge in [0.15, 0.2) is 0 Å². The molecule has 2 nitrogen and oxygen atoms in total. The van der Waals surface area contributed by atoms with E-state index < -0.39 is 10.8 Å². The number of nitrogens with one attached hydrogen (secondary N) is 1. The first-order valence-electron chi connectivity index (χ1n) is 6.00. The molecule has 96 valence electrons. The smallest absolute Gasteiger partial charge is 0.0503 e. The number of anilines is 1. The molecule has 0 aliphatic carbocycles. The number of rotatable bonds is 5. The SMILES string of the molecule is C[S@@](=O)Cc1ccccc1NCCC(C)(C)C. The minimum Gasteiger partial charge on any atom is -0.385 e. The largest absolute Gasteiger partial charge is 0.385 e. The van der Waals surface area contributed by atoms with Gasteiger partial charge in [0.1, 0.15) is 0 Å². The molecule has 1 aromatic carbocycles. The van der Waals surface area contributed by atoms with Crippen molar-refractivity contribution < 1.29 is 4.21 Å². The highest BCUT2D eigenvalue weighted by atomic mass is 32.2. The molecule has 0 aliphatic heterocycles. The average Bonchev–Trinajstić information content (AvgIpc) is 2.18. The van der Waals surface area contributed by atoms with Crippen molar-refractivity contribution in [1.82, 2.24) is 0 Å². The lowest BCUT2D eigenvalue weighted by Gasteiger charge is -2.19. The van der Waals surface area contributed by atoms with Gasteiger partial charge in [0.05, 0.1) is 5.75 Å². The van der Waals surface area contributed by atoms with Gasteiger partial charge in [-0.1, -0.05) is 39.0 Å². The Morgan fingerprint density at radius 2 is 1.88 bits per heavy atom. The summed E-state index contributed by atoms with van der Waals surface area (Å²) in [7, 11) is -0.789. The third kappa shape index (κ3) is 5.87. The molecule has 0 amide bonds. The van der Waals surface area contributed by atoms with E-state index in [4.69, 9.17) is 0 Å². The molecule has 0 saturated carbocycles. The normalized spacial score (nSPS) is 13.4. The molecule has 0 bridgehead atoms. The molecule has 1 N–H and O–H groups in total. The van der Waals surface area contributed by atoms with E-state index in [2.05, 4.69) is 32.2 Å². The fraction of sp³-hybridized carbons (Fsp3) is 0.571. The Bertz CT molecular complexity index is 382. The van der Waals surface area contributed by atoms with E-state index in [1.807, 2.05) is 18.2 Å². The van der Waals surface area contributed by atoms with Gasteiger partial charge < -0.3 is 5.32 Å². The van der Waals surface area contributed by atoms with Gasteiger partial charge in [-0.3, -0.25) is 4.21 Å². The predicted octanol–water partition coefficient (Wildman–Crippen LogP) is 3.41. The fourth-order valence-corrected chi connectivity index (χ4v) is 2.30. The maximum atomic E-state index is 11.3. The summed E-state index contributed by atoms with van der Waals surface area (Å²) >= 11 is 0.